The highest BCUT2D eigenvalue weighted by Crippen LogP contribution is 2.31. The lowest BCUT2D eigenvalue weighted by Crippen LogP contribution is -2.35. The summed E-state index contributed by atoms with van der Waals surface area (Å²) >= 11 is 1.00. The molecule has 0 radical (unpaired) electrons. The summed E-state index contributed by atoms with van der Waals surface area (Å²) in [4.78, 5) is 27.6. The topological polar surface area (TPSA) is 149 Å². The summed E-state index contributed by atoms with van der Waals surface area (Å²) in [6, 6.07) is 19.3. The quantitative estimate of drug-likeness (QED) is 0.208. The van der Waals surface area contributed by atoms with Crippen molar-refractivity contribution in [1.82, 2.24) is 34.0 Å². The molecule has 46 heavy (non-hydrogen) atoms. The minimum Gasteiger partial charge on any atom is -0.382 e. The Kier molecular flexibility index (Phi) is 7.84. The van der Waals surface area contributed by atoms with Gasteiger partial charge in [0, 0.05) is 34.6 Å². The number of nitrogens with one attached hydrogen (secondary N) is 3. The first-order chi connectivity index (χ1) is 22.3. The minimum atomic E-state index is -3.99. The molecule has 14 heteroatoms. The smallest absolute Gasteiger partial charge is 0.294 e. The molecule has 0 unspecified atom stereocenters. The lowest BCUT2D eigenvalue weighted by Gasteiger charge is -2.24. The van der Waals surface area contributed by atoms with E-state index >= 15 is 0 Å². The largest absolute Gasteiger partial charge is 0.382 e. The van der Waals surface area contributed by atoms with E-state index in [1.165, 1.54) is 16.3 Å². The summed E-state index contributed by atoms with van der Waals surface area (Å²) in [7, 11) is -3.99. The maximum Gasteiger partial charge on any atom is 0.294 e. The van der Waals surface area contributed by atoms with Gasteiger partial charge in [0.25, 0.3) is 15.6 Å². The van der Waals surface area contributed by atoms with Crippen molar-refractivity contribution in [2.45, 2.75) is 36.9 Å². The van der Waals surface area contributed by atoms with Crippen LogP contribution in [0.15, 0.2) is 87.6 Å². The molecule has 1 saturated heterocycles. The highest BCUT2D eigenvalue weighted by molar-refractivity contribution is 7.91. The Morgan fingerprint density at radius 1 is 0.978 bits per heavy atom. The number of benzene rings is 2. The molecule has 0 atom stereocenters. The molecule has 1 aliphatic heterocycles. The number of aromatic nitrogens is 6. The number of aryl methyl sites for hydroxylation is 1. The molecule has 1 fully saturated rings. The molecule has 4 aromatic heterocycles. The van der Waals surface area contributed by atoms with Gasteiger partial charge in [-0.3, -0.25) is 14.3 Å². The molecule has 0 bridgehead atoms. The van der Waals surface area contributed by atoms with Crippen molar-refractivity contribution in [2.75, 3.05) is 23.7 Å². The van der Waals surface area contributed by atoms with E-state index in [4.69, 9.17) is 4.98 Å². The summed E-state index contributed by atoms with van der Waals surface area (Å²) in [6.07, 6.45) is 5.12. The third-order valence-corrected chi connectivity index (χ3v) is 10.9. The van der Waals surface area contributed by atoms with Gasteiger partial charge in [-0.25, -0.2) is 4.98 Å². The van der Waals surface area contributed by atoms with Crippen LogP contribution in [0, 0.1) is 13.8 Å². The van der Waals surface area contributed by atoms with E-state index in [2.05, 4.69) is 31.0 Å². The van der Waals surface area contributed by atoms with Crippen LogP contribution < -0.4 is 21.5 Å². The van der Waals surface area contributed by atoms with E-state index in [1.807, 2.05) is 54.6 Å². The summed E-state index contributed by atoms with van der Waals surface area (Å²) in [5.41, 5.74) is 5.41. The number of thiazole rings is 1. The molecule has 0 spiro atoms. The molecule has 1 aliphatic rings. The maximum atomic E-state index is 14.3. The van der Waals surface area contributed by atoms with Gasteiger partial charge in [0.15, 0.2) is 9.86 Å². The van der Waals surface area contributed by atoms with E-state index in [0.29, 0.717) is 51.2 Å². The number of para-hydroxylation sites is 1. The molecular weight excluding hydrogens is 623 g/mol. The number of anilines is 3. The lowest BCUT2D eigenvalue weighted by molar-refractivity contribution is 0.479. The number of piperidine rings is 1. The number of pyridine rings is 1. The second-order valence-corrected chi connectivity index (χ2v) is 14.0. The number of rotatable bonds is 8. The standard InChI is InChI=1S/C32H31N9O3S2/c1-20-29(21(2)41(39-20)46(43,44)28-18-34-19-45-28)27-16-22-17-35-32(38-30(22)40(31(27)42)26-6-4-3-5-7-26)37-24-10-8-23(9-11-24)36-25-12-14-33-15-13-25/h3-11,16-19,25,33,36H,12-15H2,1-2H3,(H,35,37,38). The molecule has 12 nitrogen and oxygen atoms in total. The second kappa shape index (κ2) is 12.1. The SMILES string of the molecule is Cc1nn(S(=O)(=O)c2cncs2)c(C)c1-c1cc2cnc(Nc3ccc(NC4CCNCC4)cc3)nc2n(-c2ccccc2)c1=O. The van der Waals surface area contributed by atoms with Crippen molar-refractivity contribution in [3.8, 4) is 16.8 Å². The zero-order valence-corrected chi connectivity index (χ0v) is 26.8. The second-order valence-electron chi connectivity index (χ2n) is 11.1. The minimum absolute atomic E-state index is 0.0611. The fourth-order valence-corrected chi connectivity index (χ4v) is 8.01. The fourth-order valence-electron chi connectivity index (χ4n) is 5.79. The zero-order chi connectivity index (χ0) is 31.8. The van der Waals surface area contributed by atoms with Crippen molar-refractivity contribution in [3.63, 3.8) is 0 Å². The number of hydrogen-bond donors (Lipinski definition) is 3. The van der Waals surface area contributed by atoms with E-state index in [1.54, 1.807) is 26.1 Å². The normalized spacial score (nSPS) is 14.0. The number of nitrogens with zero attached hydrogens (tertiary/aromatic N) is 6. The van der Waals surface area contributed by atoms with Gasteiger partial charge in [0.1, 0.15) is 0 Å². The van der Waals surface area contributed by atoms with Crippen LogP contribution in [-0.4, -0.2) is 56.3 Å². The van der Waals surface area contributed by atoms with Gasteiger partial charge in [0.2, 0.25) is 5.95 Å². The average Bonchev–Trinajstić information content (AvgIpc) is 3.72. The lowest BCUT2D eigenvalue weighted by atomic mass is 10.0. The first-order valence-electron chi connectivity index (χ1n) is 14.8. The molecule has 0 aliphatic carbocycles. The first kappa shape index (κ1) is 29.8. The van der Waals surface area contributed by atoms with Gasteiger partial charge in [-0.05, 0) is 82.2 Å². The third kappa shape index (κ3) is 5.55. The Hall–Kier alpha value is -4.92. The summed E-state index contributed by atoms with van der Waals surface area (Å²) in [6.45, 7) is 5.37. The molecule has 234 valence electrons. The van der Waals surface area contributed by atoms with Crippen molar-refractivity contribution in [3.05, 3.63) is 100 Å². The third-order valence-electron chi connectivity index (χ3n) is 8.02. The highest BCUT2D eigenvalue weighted by atomic mass is 32.2. The summed E-state index contributed by atoms with van der Waals surface area (Å²) in [5, 5.41) is 15.2. The first-order valence-corrected chi connectivity index (χ1v) is 17.1. The molecule has 0 saturated carbocycles. The van der Waals surface area contributed by atoms with Crippen LogP contribution in [0.3, 0.4) is 0 Å². The Balaban J connectivity index is 1.28. The molecule has 0 amide bonds. The zero-order valence-electron chi connectivity index (χ0n) is 25.1. The van der Waals surface area contributed by atoms with Crippen LogP contribution >= 0.6 is 11.3 Å². The maximum absolute atomic E-state index is 14.3. The average molecular weight is 654 g/mol. The Morgan fingerprint density at radius 2 is 1.72 bits per heavy atom. The molecular formula is C32H31N9O3S2. The highest BCUT2D eigenvalue weighted by Gasteiger charge is 2.27. The van der Waals surface area contributed by atoms with Crippen molar-refractivity contribution >= 4 is 49.7 Å². The van der Waals surface area contributed by atoms with Gasteiger partial charge in [-0.1, -0.05) is 18.2 Å². The van der Waals surface area contributed by atoms with E-state index < -0.39 is 10.0 Å². The molecule has 2 aromatic carbocycles. The van der Waals surface area contributed by atoms with Gasteiger partial charge >= 0.3 is 0 Å². The Labute approximate surface area is 269 Å². The Bertz CT molecular complexity index is 2190. The molecule has 5 heterocycles. The molecule has 6 aromatic rings. The van der Waals surface area contributed by atoms with Crippen molar-refractivity contribution in [2.24, 2.45) is 0 Å². The predicted molar refractivity (Wildman–Crippen MR) is 180 cm³/mol. The van der Waals surface area contributed by atoms with Crippen LogP contribution in [0.5, 0.6) is 0 Å². The van der Waals surface area contributed by atoms with Gasteiger partial charge in [0.05, 0.1) is 34.3 Å². The summed E-state index contributed by atoms with van der Waals surface area (Å²) < 4.78 is 29.3. The van der Waals surface area contributed by atoms with Crippen LogP contribution in [0.2, 0.25) is 0 Å². The van der Waals surface area contributed by atoms with Crippen LogP contribution in [-0.2, 0) is 10.0 Å². The van der Waals surface area contributed by atoms with Gasteiger partial charge in [-0.15, -0.1) is 11.3 Å². The number of hydrogen-bond acceptors (Lipinski definition) is 11. The van der Waals surface area contributed by atoms with Crippen molar-refractivity contribution in [1.29, 1.82) is 0 Å². The van der Waals surface area contributed by atoms with Crippen LogP contribution in [0.4, 0.5) is 17.3 Å². The predicted octanol–water partition coefficient (Wildman–Crippen LogP) is 4.86. The Morgan fingerprint density at radius 3 is 2.43 bits per heavy atom. The fraction of sp³-hybridized carbons (Fsp3) is 0.219. The van der Waals surface area contributed by atoms with E-state index in [9.17, 15) is 13.2 Å². The molecule has 3 N–H and O–H groups in total. The van der Waals surface area contributed by atoms with E-state index in [0.717, 1.165) is 52.7 Å². The monoisotopic (exact) mass is 653 g/mol. The van der Waals surface area contributed by atoms with E-state index in [-0.39, 0.29) is 9.77 Å². The number of fused-ring (bicyclic) bond motifs is 1. The van der Waals surface area contributed by atoms with Gasteiger partial charge < -0.3 is 16.0 Å². The van der Waals surface area contributed by atoms with Gasteiger partial charge in [-0.2, -0.15) is 22.6 Å². The van der Waals surface area contributed by atoms with Crippen LogP contribution in [0.1, 0.15) is 24.2 Å². The van der Waals surface area contributed by atoms with Crippen molar-refractivity contribution < 1.29 is 8.42 Å². The molecule has 7 rings (SSSR count). The summed E-state index contributed by atoms with van der Waals surface area (Å²) in [5.74, 6) is 0.333. The van der Waals surface area contributed by atoms with Crippen LogP contribution in [0.25, 0.3) is 27.8 Å².